The lowest BCUT2D eigenvalue weighted by Crippen LogP contribution is -2.34. The summed E-state index contributed by atoms with van der Waals surface area (Å²) in [5.41, 5.74) is 3.07. The van der Waals surface area contributed by atoms with Crippen LogP contribution in [0.25, 0.3) is 11.2 Å². The van der Waals surface area contributed by atoms with Crippen molar-refractivity contribution in [3.63, 3.8) is 0 Å². The van der Waals surface area contributed by atoms with Crippen LogP contribution in [0.2, 0.25) is 0 Å². The molecule has 1 atom stereocenters. The third-order valence-electron chi connectivity index (χ3n) is 4.26. The van der Waals surface area contributed by atoms with E-state index in [1.807, 2.05) is 25.5 Å². The summed E-state index contributed by atoms with van der Waals surface area (Å²) in [6.07, 6.45) is 2.43. The molecule has 2 aromatic heterocycles. The van der Waals surface area contributed by atoms with Crippen molar-refractivity contribution >= 4 is 22.8 Å². The van der Waals surface area contributed by atoms with Gasteiger partial charge in [0.1, 0.15) is 11.3 Å². The molecule has 0 amide bonds. The summed E-state index contributed by atoms with van der Waals surface area (Å²) in [4.78, 5) is 4.76. The number of fused-ring (bicyclic) bond motifs is 1. The Morgan fingerprint density at radius 3 is 2.67 bits per heavy atom. The first-order chi connectivity index (χ1) is 10.1. The van der Waals surface area contributed by atoms with Gasteiger partial charge in [-0.2, -0.15) is 5.10 Å². The molecule has 0 radical (unpaired) electrons. The van der Waals surface area contributed by atoms with Gasteiger partial charge in [-0.3, -0.25) is 0 Å². The van der Waals surface area contributed by atoms with E-state index in [9.17, 15) is 0 Å². The minimum Gasteiger partial charge on any atom is -0.378 e. The van der Waals surface area contributed by atoms with E-state index in [-0.39, 0.29) is 5.38 Å². The van der Waals surface area contributed by atoms with Crippen LogP contribution in [-0.2, 0) is 11.3 Å². The lowest BCUT2D eigenvalue weighted by atomic mass is 9.88. The molecule has 3 rings (SSSR count). The Morgan fingerprint density at radius 1 is 1.38 bits per heavy atom. The van der Waals surface area contributed by atoms with E-state index in [1.165, 1.54) is 0 Å². The molecule has 5 nitrogen and oxygen atoms in total. The van der Waals surface area contributed by atoms with Crippen LogP contribution in [0.4, 0.5) is 0 Å². The molecule has 1 unspecified atom stereocenters. The second kappa shape index (κ2) is 5.61. The average Bonchev–Trinajstić information content (AvgIpc) is 2.92. The SMILES string of the molecule is CCOC1CC(n2c(C(C)Cl)nc3c(C)nn(CC)c32)C1. The van der Waals surface area contributed by atoms with Gasteiger partial charge in [-0.05, 0) is 40.5 Å². The van der Waals surface area contributed by atoms with E-state index in [1.54, 1.807) is 0 Å². The fourth-order valence-electron chi connectivity index (χ4n) is 3.19. The Morgan fingerprint density at radius 2 is 2.10 bits per heavy atom. The van der Waals surface area contributed by atoms with Crippen molar-refractivity contribution in [2.45, 2.75) is 64.6 Å². The largest absolute Gasteiger partial charge is 0.378 e. The topological polar surface area (TPSA) is 44.9 Å². The smallest absolute Gasteiger partial charge is 0.159 e. The summed E-state index contributed by atoms with van der Waals surface area (Å²) in [7, 11) is 0. The summed E-state index contributed by atoms with van der Waals surface area (Å²) < 4.78 is 10.0. The normalized spacial score (nSPS) is 23.5. The molecule has 0 spiro atoms. The van der Waals surface area contributed by atoms with Gasteiger partial charge < -0.3 is 9.30 Å². The van der Waals surface area contributed by atoms with Crippen molar-refractivity contribution in [1.29, 1.82) is 0 Å². The van der Waals surface area contributed by atoms with Crippen LogP contribution in [-0.4, -0.2) is 32.0 Å². The molecule has 0 saturated heterocycles. The molecule has 21 heavy (non-hydrogen) atoms. The van der Waals surface area contributed by atoms with Crippen molar-refractivity contribution in [2.24, 2.45) is 0 Å². The number of hydrogen-bond acceptors (Lipinski definition) is 3. The van der Waals surface area contributed by atoms with E-state index in [2.05, 4.69) is 16.6 Å². The molecular weight excluding hydrogens is 288 g/mol. The number of imidazole rings is 1. The molecule has 116 valence electrons. The first-order valence-corrected chi connectivity index (χ1v) is 8.21. The highest BCUT2D eigenvalue weighted by Crippen LogP contribution is 2.40. The first-order valence-electron chi connectivity index (χ1n) is 7.77. The predicted molar refractivity (Wildman–Crippen MR) is 83.9 cm³/mol. The Labute approximate surface area is 130 Å². The van der Waals surface area contributed by atoms with E-state index < -0.39 is 0 Å². The van der Waals surface area contributed by atoms with Crippen molar-refractivity contribution in [3.05, 3.63) is 11.5 Å². The molecule has 1 fully saturated rings. The molecular formula is C15H23ClN4O. The standard InChI is InChI=1S/C15H23ClN4O/c1-5-19-15-13(10(4)18-19)17-14(9(3)16)20(15)11-7-12(8-11)21-6-2/h9,11-12H,5-8H2,1-4H3. The highest BCUT2D eigenvalue weighted by atomic mass is 35.5. The average molecular weight is 311 g/mol. The molecule has 1 saturated carbocycles. The molecule has 0 aliphatic heterocycles. The Hall–Kier alpha value is -1.07. The number of aromatic nitrogens is 4. The maximum atomic E-state index is 6.36. The summed E-state index contributed by atoms with van der Waals surface area (Å²) in [5, 5.41) is 4.48. The molecule has 0 bridgehead atoms. The number of aryl methyl sites for hydroxylation is 2. The maximum Gasteiger partial charge on any atom is 0.159 e. The van der Waals surface area contributed by atoms with Gasteiger partial charge in [-0.15, -0.1) is 11.6 Å². The number of ether oxygens (including phenoxy) is 1. The quantitative estimate of drug-likeness (QED) is 0.793. The van der Waals surface area contributed by atoms with Crippen LogP contribution in [0, 0.1) is 6.92 Å². The molecule has 0 aromatic carbocycles. The molecule has 1 aliphatic carbocycles. The number of halogens is 1. The van der Waals surface area contributed by atoms with Crippen LogP contribution in [0.3, 0.4) is 0 Å². The van der Waals surface area contributed by atoms with Crippen molar-refractivity contribution in [2.75, 3.05) is 6.61 Å². The summed E-state index contributed by atoms with van der Waals surface area (Å²) in [6, 6.07) is 0.421. The molecule has 1 aliphatic rings. The fourth-order valence-corrected chi connectivity index (χ4v) is 3.34. The van der Waals surface area contributed by atoms with Crippen LogP contribution < -0.4 is 0 Å². The first kappa shape index (κ1) is 14.9. The summed E-state index contributed by atoms with van der Waals surface area (Å²) in [6.45, 7) is 9.77. The van der Waals surface area contributed by atoms with E-state index in [0.29, 0.717) is 12.1 Å². The molecule has 6 heteroatoms. The van der Waals surface area contributed by atoms with E-state index in [0.717, 1.165) is 48.7 Å². The van der Waals surface area contributed by atoms with Crippen molar-refractivity contribution in [1.82, 2.24) is 19.3 Å². The number of hydrogen-bond donors (Lipinski definition) is 0. The number of nitrogens with zero attached hydrogens (tertiary/aromatic N) is 4. The summed E-state index contributed by atoms with van der Waals surface area (Å²) in [5.74, 6) is 0.953. The van der Waals surface area contributed by atoms with Gasteiger partial charge in [0.2, 0.25) is 0 Å². The molecule has 2 aromatic rings. The van der Waals surface area contributed by atoms with Gasteiger partial charge in [0.25, 0.3) is 0 Å². The van der Waals surface area contributed by atoms with Crippen LogP contribution in [0.1, 0.15) is 56.6 Å². The minimum absolute atomic E-state index is 0.103. The zero-order chi connectivity index (χ0) is 15.1. The Balaban J connectivity index is 2.04. The molecule has 0 N–H and O–H groups in total. The minimum atomic E-state index is -0.103. The van der Waals surface area contributed by atoms with Crippen molar-refractivity contribution in [3.8, 4) is 0 Å². The Kier molecular flexibility index (Phi) is 3.97. The number of rotatable bonds is 5. The Bertz CT molecular complexity index is 640. The number of alkyl halides is 1. The van der Waals surface area contributed by atoms with Gasteiger partial charge in [0.15, 0.2) is 5.65 Å². The highest BCUT2D eigenvalue weighted by Gasteiger charge is 2.35. The van der Waals surface area contributed by atoms with E-state index in [4.69, 9.17) is 21.3 Å². The zero-order valence-corrected chi connectivity index (χ0v) is 13.9. The predicted octanol–water partition coefficient (Wildman–Crippen LogP) is 3.60. The lowest BCUT2D eigenvalue weighted by molar-refractivity contribution is -0.0196. The van der Waals surface area contributed by atoms with Crippen LogP contribution in [0.15, 0.2) is 0 Å². The van der Waals surface area contributed by atoms with Crippen LogP contribution >= 0.6 is 11.6 Å². The monoisotopic (exact) mass is 310 g/mol. The van der Waals surface area contributed by atoms with Gasteiger partial charge in [0.05, 0.1) is 17.2 Å². The van der Waals surface area contributed by atoms with Crippen molar-refractivity contribution < 1.29 is 4.74 Å². The zero-order valence-electron chi connectivity index (χ0n) is 13.1. The third-order valence-corrected chi connectivity index (χ3v) is 4.46. The fraction of sp³-hybridized carbons (Fsp3) is 0.733. The maximum absolute atomic E-state index is 6.36. The third kappa shape index (κ3) is 2.36. The highest BCUT2D eigenvalue weighted by molar-refractivity contribution is 6.20. The van der Waals surface area contributed by atoms with Gasteiger partial charge in [-0.25, -0.2) is 9.67 Å². The van der Waals surface area contributed by atoms with Gasteiger partial charge >= 0.3 is 0 Å². The molecule has 2 heterocycles. The lowest BCUT2D eigenvalue weighted by Gasteiger charge is -2.37. The van der Waals surface area contributed by atoms with Crippen LogP contribution in [0.5, 0.6) is 0 Å². The second-order valence-electron chi connectivity index (χ2n) is 5.73. The van der Waals surface area contributed by atoms with E-state index >= 15 is 0 Å². The second-order valence-corrected chi connectivity index (χ2v) is 6.39. The van der Waals surface area contributed by atoms with Gasteiger partial charge in [0, 0.05) is 19.2 Å². The summed E-state index contributed by atoms with van der Waals surface area (Å²) >= 11 is 6.36. The van der Waals surface area contributed by atoms with Gasteiger partial charge in [-0.1, -0.05) is 0 Å².